The number of rotatable bonds is 5. The van der Waals surface area contributed by atoms with Gasteiger partial charge in [0.2, 0.25) is 0 Å². The first-order valence-corrected chi connectivity index (χ1v) is 8.74. The number of benzene rings is 1. The van der Waals surface area contributed by atoms with Crippen LogP contribution in [-0.2, 0) is 0 Å². The monoisotopic (exact) mass is 383 g/mol. The van der Waals surface area contributed by atoms with E-state index in [0.717, 1.165) is 37.9 Å². The Hall–Kier alpha value is -1.63. The molecule has 1 atom stereocenters. The van der Waals surface area contributed by atoms with Crippen LogP contribution in [0.1, 0.15) is 54.3 Å². The van der Waals surface area contributed by atoms with Crippen molar-refractivity contribution in [2.45, 2.75) is 38.3 Å². The standard InChI is InChI=1S/C17H22ClN5O.ClH/c1-2-15(12-3-5-13(18)6-4-12)20-17(24)16-11-23(22-21-16)14-7-9-19-10-8-14;/h3-6,11,14-15,19H,2,7-10H2,1H3,(H,20,24);1H. The first-order valence-electron chi connectivity index (χ1n) is 8.36. The Bertz CT molecular complexity index is 683. The smallest absolute Gasteiger partial charge is 0.273 e. The highest BCUT2D eigenvalue weighted by atomic mass is 35.5. The van der Waals surface area contributed by atoms with Gasteiger partial charge in [0.25, 0.3) is 5.91 Å². The first kappa shape index (κ1) is 19.7. The second-order valence-corrected chi connectivity index (χ2v) is 6.49. The molecule has 1 aliphatic rings. The Balaban J connectivity index is 0.00000225. The Kier molecular flexibility index (Phi) is 7.23. The van der Waals surface area contributed by atoms with Gasteiger partial charge in [0.1, 0.15) is 0 Å². The van der Waals surface area contributed by atoms with Gasteiger partial charge in [0, 0.05) is 5.02 Å². The minimum atomic E-state index is -0.197. The van der Waals surface area contributed by atoms with E-state index in [2.05, 4.69) is 20.9 Å². The van der Waals surface area contributed by atoms with Gasteiger partial charge in [-0.2, -0.15) is 0 Å². The summed E-state index contributed by atoms with van der Waals surface area (Å²) >= 11 is 5.92. The first-order chi connectivity index (χ1) is 11.7. The van der Waals surface area contributed by atoms with E-state index in [1.165, 1.54) is 0 Å². The third kappa shape index (κ3) is 4.93. The van der Waals surface area contributed by atoms with E-state index < -0.39 is 0 Å². The SMILES string of the molecule is CCC(NC(=O)c1cn(C2CCNCC2)nn1)c1ccc(Cl)cc1.Cl. The van der Waals surface area contributed by atoms with Crippen LogP contribution in [0, 0.1) is 0 Å². The van der Waals surface area contributed by atoms with Crippen molar-refractivity contribution in [3.8, 4) is 0 Å². The molecule has 0 radical (unpaired) electrons. The summed E-state index contributed by atoms with van der Waals surface area (Å²) in [6.45, 7) is 3.98. The number of carbonyl (C=O) groups is 1. The quantitative estimate of drug-likeness (QED) is 0.831. The summed E-state index contributed by atoms with van der Waals surface area (Å²) < 4.78 is 1.82. The van der Waals surface area contributed by atoms with Crippen LogP contribution in [0.25, 0.3) is 0 Å². The fourth-order valence-corrected chi connectivity index (χ4v) is 3.10. The zero-order valence-corrected chi connectivity index (χ0v) is 15.7. The maximum atomic E-state index is 12.5. The van der Waals surface area contributed by atoms with Crippen molar-refractivity contribution in [2.75, 3.05) is 13.1 Å². The Morgan fingerprint density at radius 2 is 2.04 bits per heavy atom. The molecule has 0 aliphatic carbocycles. The summed E-state index contributed by atoms with van der Waals surface area (Å²) in [7, 11) is 0. The van der Waals surface area contributed by atoms with Crippen molar-refractivity contribution in [2.24, 2.45) is 0 Å². The molecular formula is C17H23Cl2N5O. The molecule has 0 saturated carbocycles. The van der Waals surface area contributed by atoms with E-state index in [4.69, 9.17) is 11.6 Å². The van der Waals surface area contributed by atoms with Crippen LogP contribution in [0.3, 0.4) is 0 Å². The topological polar surface area (TPSA) is 71.8 Å². The number of nitrogens with one attached hydrogen (secondary N) is 2. The van der Waals surface area contributed by atoms with Gasteiger partial charge in [0.15, 0.2) is 5.69 Å². The molecule has 1 aliphatic heterocycles. The molecule has 8 heteroatoms. The highest BCUT2D eigenvalue weighted by molar-refractivity contribution is 6.30. The normalized spacial score (nSPS) is 16.1. The lowest BCUT2D eigenvalue weighted by molar-refractivity contribution is 0.0930. The van der Waals surface area contributed by atoms with Crippen LogP contribution >= 0.6 is 24.0 Å². The molecule has 25 heavy (non-hydrogen) atoms. The van der Waals surface area contributed by atoms with Crippen molar-refractivity contribution in [3.05, 3.63) is 46.7 Å². The number of nitrogens with zero attached hydrogens (tertiary/aromatic N) is 3. The van der Waals surface area contributed by atoms with Crippen molar-refractivity contribution in [1.29, 1.82) is 0 Å². The molecular weight excluding hydrogens is 361 g/mol. The molecule has 0 spiro atoms. The average Bonchev–Trinajstić information content (AvgIpc) is 3.11. The van der Waals surface area contributed by atoms with Crippen molar-refractivity contribution >= 4 is 29.9 Å². The van der Waals surface area contributed by atoms with E-state index in [0.29, 0.717) is 16.8 Å². The van der Waals surface area contributed by atoms with Gasteiger partial charge < -0.3 is 10.6 Å². The summed E-state index contributed by atoms with van der Waals surface area (Å²) in [5.74, 6) is -0.197. The van der Waals surface area contributed by atoms with Crippen molar-refractivity contribution < 1.29 is 4.79 Å². The molecule has 1 unspecified atom stereocenters. The predicted molar refractivity (Wildman–Crippen MR) is 100 cm³/mol. The molecule has 1 amide bonds. The molecule has 1 aromatic carbocycles. The van der Waals surface area contributed by atoms with E-state index >= 15 is 0 Å². The Morgan fingerprint density at radius 1 is 1.36 bits per heavy atom. The summed E-state index contributed by atoms with van der Waals surface area (Å²) in [6.07, 6.45) is 4.55. The van der Waals surface area contributed by atoms with Crippen molar-refractivity contribution in [3.63, 3.8) is 0 Å². The highest BCUT2D eigenvalue weighted by Gasteiger charge is 2.20. The van der Waals surface area contributed by atoms with Gasteiger partial charge in [-0.1, -0.05) is 35.9 Å². The van der Waals surface area contributed by atoms with Crippen LogP contribution in [0.2, 0.25) is 5.02 Å². The molecule has 0 bridgehead atoms. The van der Waals surface area contributed by atoms with E-state index in [-0.39, 0.29) is 24.4 Å². The molecule has 1 aromatic heterocycles. The second kappa shape index (κ2) is 9.17. The Labute approximate surface area is 158 Å². The largest absolute Gasteiger partial charge is 0.344 e. The molecule has 2 heterocycles. The maximum Gasteiger partial charge on any atom is 0.273 e. The zero-order valence-electron chi connectivity index (χ0n) is 14.1. The summed E-state index contributed by atoms with van der Waals surface area (Å²) in [5, 5.41) is 15.2. The summed E-state index contributed by atoms with van der Waals surface area (Å²) in [6, 6.07) is 7.78. The van der Waals surface area contributed by atoms with Gasteiger partial charge >= 0.3 is 0 Å². The Morgan fingerprint density at radius 3 is 2.68 bits per heavy atom. The zero-order chi connectivity index (χ0) is 16.9. The van der Waals surface area contributed by atoms with Gasteiger partial charge in [0.05, 0.1) is 18.3 Å². The molecule has 6 nitrogen and oxygen atoms in total. The van der Waals surface area contributed by atoms with Gasteiger partial charge in [-0.25, -0.2) is 4.68 Å². The van der Waals surface area contributed by atoms with Crippen LogP contribution in [0.15, 0.2) is 30.5 Å². The molecule has 136 valence electrons. The third-order valence-electron chi connectivity index (χ3n) is 4.41. The maximum absolute atomic E-state index is 12.5. The molecule has 3 rings (SSSR count). The number of hydrogen-bond acceptors (Lipinski definition) is 4. The van der Waals surface area contributed by atoms with Crippen molar-refractivity contribution in [1.82, 2.24) is 25.6 Å². The van der Waals surface area contributed by atoms with Crippen LogP contribution < -0.4 is 10.6 Å². The molecule has 2 aromatic rings. The summed E-state index contributed by atoms with van der Waals surface area (Å²) in [5.41, 5.74) is 1.39. The lowest BCUT2D eigenvalue weighted by Gasteiger charge is -2.22. The lowest BCUT2D eigenvalue weighted by atomic mass is 10.0. The molecule has 1 fully saturated rings. The molecule has 1 saturated heterocycles. The minimum Gasteiger partial charge on any atom is -0.344 e. The number of amides is 1. The van der Waals surface area contributed by atoms with Crippen LogP contribution in [0.4, 0.5) is 0 Å². The number of piperidine rings is 1. The van der Waals surface area contributed by atoms with Crippen LogP contribution in [-0.4, -0.2) is 34.0 Å². The van der Waals surface area contributed by atoms with E-state index in [9.17, 15) is 4.79 Å². The predicted octanol–water partition coefficient (Wildman–Crippen LogP) is 3.16. The van der Waals surface area contributed by atoms with Gasteiger partial charge in [-0.15, -0.1) is 17.5 Å². The van der Waals surface area contributed by atoms with Gasteiger partial charge in [-0.05, 0) is 50.0 Å². The fourth-order valence-electron chi connectivity index (χ4n) is 2.98. The number of hydrogen-bond donors (Lipinski definition) is 2. The number of aromatic nitrogens is 3. The minimum absolute atomic E-state index is 0. The second-order valence-electron chi connectivity index (χ2n) is 6.05. The van der Waals surface area contributed by atoms with E-state index in [1.54, 1.807) is 6.20 Å². The number of carbonyl (C=O) groups excluding carboxylic acids is 1. The highest BCUT2D eigenvalue weighted by Crippen LogP contribution is 2.20. The third-order valence-corrected chi connectivity index (χ3v) is 4.66. The fraction of sp³-hybridized carbons (Fsp3) is 0.471. The van der Waals surface area contributed by atoms with E-state index in [1.807, 2.05) is 35.9 Å². The summed E-state index contributed by atoms with van der Waals surface area (Å²) in [4.78, 5) is 12.5. The average molecular weight is 384 g/mol. The van der Waals surface area contributed by atoms with Gasteiger partial charge in [-0.3, -0.25) is 4.79 Å². The lowest BCUT2D eigenvalue weighted by Crippen LogP contribution is -2.30. The van der Waals surface area contributed by atoms with Crippen LogP contribution in [0.5, 0.6) is 0 Å². The number of halogens is 2. The molecule has 2 N–H and O–H groups in total.